The fourth-order valence-corrected chi connectivity index (χ4v) is 5.97. The number of hydrogen-bond donors (Lipinski definition) is 4. The van der Waals surface area contributed by atoms with Crippen LogP contribution in [0.2, 0.25) is 0 Å². The number of carboxylic acid groups (broad SMARTS) is 1. The Hall–Kier alpha value is -3.04. The zero-order chi connectivity index (χ0) is 24.1. The van der Waals surface area contributed by atoms with Gasteiger partial charge in [-0.1, -0.05) is 48.5 Å². The van der Waals surface area contributed by atoms with Crippen molar-refractivity contribution < 1.29 is 29.3 Å². The van der Waals surface area contributed by atoms with Crippen LogP contribution in [0.25, 0.3) is 11.1 Å². The Morgan fingerprint density at radius 1 is 1.03 bits per heavy atom. The Morgan fingerprint density at radius 2 is 1.62 bits per heavy atom. The SMILES string of the molecule is O=C(CC1(NC(=O)OCC2c3ccccc3-c3ccccc32)CCSCC1)NC(CO)C(=O)O. The second-order valence-corrected chi connectivity index (χ2v) is 9.89. The highest BCUT2D eigenvalue weighted by Crippen LogP contribution is 2.44. The summed E-state index contributed by atoms with van der Waals surface area (Å²) in [7, 11) is 0. The van der Waals surface area contributed by atoms with E-state index in [9.17, 15) is 19.5 Å². The average molecular weight is 485 g/mol. The Kier molecular flexibility index (Phi) is 7.43. The molecule has 0 bridgehead atoms. The fourth-order valence-electron chi connectivity index (χ4n) is 4.70. The van der Waals surface area contributed by atoms with Crippen molar-refractivity contribution in [2.75, 3.05) is 24.7 Å². The van der Waals surface area contributed by atoms with Crippen LogP contribution in [-0.4, -0.2) is 64.5 Å². The molecule has 8 nitrogen and oxygen atoms in total. The van der Waals surface area contributed by atoms with E-state index in [-0.39, 0.29) is 18.9 Å². The molecule has 0 spiro atoms. The minimum absolute atomic E-state index is 0.0693. The van der Waals surface area contributed by atoms with Crippen LogP contribution >= 0.6 is 11.8 Å². The lowest BCUT2D eigenvalue weighted by Gasteiger charge is -2.37. The first-order chi connectivity index (χ1) is 16.4. The summed E-state index contributed by atoms with van der Waals surface area (Å²) in [5, 5.41) is 23.5. The largest absolute Gasteiger partial charge is 0.480 e. The van der Waals surface area contributed by atoms with E-state index in [2.05, 4.69) is 22.8 Å². The zero-order valence-corrected chi connectivity index (χ0v) is 19.5. The van der Waals surface area contributed by atoms with Gasteiger partial charge >= 0.3 is 12.1 Å². The molecular weight excluding hydrogens is 456 g/mol. The number of fused-ring (bicyclic) bond motifs is 3. The molecule has 1 saturated heterocycles. The minimum atomic E-state index is -1.38. The third-order valence-corrected chi connectivity index (χ3v) is 7.46. The number of aliphatic carboxylic acids is 1. The molecule has 0 aromatic heterocycles. The topological polar surface area (TPSA) is 125 Å². The number of ether oxygens (including phenoxy) is 1. The van der Waals surface area contributed by atoms with E-state index >= 15 is 0 Å². The number of aliphatic hydroxyl groups excluding tert-OH is 1. The van der Waals surface area contributed by atoms with Gasteiger partial charge in [-0.05, 0) is 46.6 Å². The average Bonchev–Trinajstić information content (AvgIpc) is 3.15. The van der Waals surface area contributed by atoms with Crippen molar-refractivity contribution in [3.63, 3.8) is 0 Å². The third-order valence-electron chi connectivity index (χ3n) is 6.48. The molecule has 1 aliphatic heterocycles. The van der Waals surface area contributed by atoms with Gasteiger partial charge in [-0.3, -0.25) is 4.79 Å². The van der Waals surface area contributed by atoms with Crippen LogP contribution in [0.3, 0.4) is 0 Å². The molecule has 1 fully saturated rings. The van der Waals surface area contributed by atoms with Crippen molar-refractivity contribution in [1.82, 2.24) is 10.6 Å². The molecule has 2 aromatic carbocycles. The number of hydrogen-bond acceptors (Lipinski definition) is 6. The molecule has 9 heteroatoms. The van der Waals surface area contributed by atoms with E-state index in [0.717, 1.165) is 33.8 Å². The number of carbonyl (C=O) groups is 3. The van der Waals surface area contributed by atoms with E-state index in [0.29, 0.717) is 12.8 Å². The predicted octanol–water partition coefficient (Wildman–Crippen LogP) is 2.74. The van der Waals surface area contributed by atoms with Gasteiger partial charge in [0.15, 0.2) is 0 Å². The van der Waals surface area contributed by atoms with Gasteiger partial charge in [-0.15, -0.1) is 0 Å². The number of amides is 2. The number of nitrogens with one attached hydrogen (secondary N) is 2. The number of benzene rings is 2. The standard InChI is InChI=1S/C25H28N2O6S/c28-14-21(23(30)31)26-22(29)13-25(9-11-34-12-10-25)27-24(32)33-15-20-18-7-3-1-5-16(18)17-6-2-4-8-19(17)20/h1-8,20-21,28H,9-15H2,(H,26,29)(H,27,32)(H,30,31). The number of alkyl carbamates (subject to hydrolysis) is 1. The summed E-state index contributed by atoms with van der Waals surface area (Å²) in [6.07, 6.45) is 0.443. The van der Waals surface area contributed by atoms with E-state index < -0.39 is 36.2 Å². The molecule has 0 saturated carbocycles. The predicted molar refractivity (Wildman–Crippen MR) is 129 cm³/mol. The Bertz CT molecular complexity index is 1020. The highest BCUT2D eigenvalue weighted by Gasteiger charge is 2.38. The van der Waals surface area contributed by atoms with E-state index in [1.54, 1.807) is 11.8 Å². The van der Waals surface area contributed by atoms with Crippen molar-refractivity contribution in [2.45, 2.75) is 36.8 Å². The molecule has 2 aliphatic rings. The van der Waals surface area contributed by atoms with Crippen LogP contribution in [0, 0.1) is 0 Å². The highest BCUT2D eigenvalue weighted by molar-refractivity contribution is 7.99. The molecule has 2 aromatic rings. The van der Waals surface area contributed by atoms with Gasteiger partial charge in [0.25, 0.3) is 0 Å². The number of carboxylic acids is 1. The lowest BCUT2D eigenvalue weighted by molar-refractivity contribution is -0.143. The summed E-state index contributed by atoms with van der Waals surface area (Å²) in [6, 6.07) is 14.8. The summed E-state index contributed by atoms with van der Waals surface area (Å²) in [6.45, 7) is -0.535. The van der Waals surface area contributed by atoms with Gasteiger partial charge in [-0.25, -0.2) is 9.59 Å². The first-order valence-electron chi connectivity index (χ1n) is 11.3. The molecule has 0 radical (unpaired) electrons. The number of carbonyl (C=O) groups excluding carboxylic acids is 2. The minimum Gasteiger partial charge on any atom is -0.480 e. The normalized spacial score (nSPS) is 17.2. The summed E-state index contributed by atoms with van der Waals surface area (Å²) >= 11 is 1.74. The lowest BCUT2D eigenvalue weighted by Crippen LogP contribution is -2.55. The summed E-state index contributed by atoms with van der Waals surface area (Å²) < 4.78 is 5.67. The van der Waals surface area contributed by atoms with Gasteiger partial charge in [0, 0.05) is 12.3 Å². The van der Waals surface area contributed by atoms with E-state index in [1.165, 1.54) is 0 Å². The maximum Gasteiger partial charge on any atom is 0.407 e. The molecule has 180 valence electrons. The van der Waals surface area contributed by atoms with Gasteiger partial charge < -0.3 is 25.6 Å². The van der Waals surface area contributed by atoms with Crippen molar-refractivity contribution >= 4 is 29.7 Å². The number of thioether (sulfide) groups is 1. The van der Waals surface area contributed by atoms with E-state index in [1.807, 2.05) is 36.4 Å². The fraction of sp³-hybridized carbons (Fsp3) is 0.400. The van der Waals surface area contributed by atoms with Gasteiger partial charge in [0.1, 0.15) is 12.6 Å². The summed E-state index contributed by atoms with van der Waals surface area (Å²) in [5.74, 6) is -0.389. The quantitative estimate of drug-likeness (QED) is 0.454. The van der Waals surface area contributed by atoms with Crippen molar-refractivity contribution in [2.24, 2.45) is 0 Å². The van der Waals surface area contributed by atoms with Crippen LogP contribution in [0.15, 0.2) is 48.5 Å². The van der Waals surface area contributed by atoms with Crippen molar-refractivity contribution in [3.05, 3.63) is 59.7 Å². The van der Waals surface area contributed by atoms with Crippen molar-refractivity contribution in [1.29, 1.82) is 0 Å². The highest BCUT2D eigenvalue weighted by atomic mass is 32.2. The first-order valence-corrected chi connectivity index (χ1v) is 12.4. The second-order valence-electron chi connectivity index (χ2n) is 8.66. The summed E-state index contributed by atoms with van der Waals surface area (Å²) in [5.41, 5.74) is 3.69. The second kappa shape index (κ2) is 10.5. The van der Waals surface area contributed by atoms with Gasteiger partial charge in [-0.2, -0.15) is 11.8 Å². The maximum absolute atomic E-state index is 12.9. The van der Waals surface area contributed by atoms with Crippen LogP contribution < -0.4 is 10.6 Å². The molecule has 4 N–H and O–H groups in total. The van der Waals surface area contributed by atoms with E-state index in [4.69, 9.17) is 9.84 Å². The Balaban J connectivity index is 1.42. The van der Waals surface area contributed by atoms with Crippen LogP contribution in [0.4, 0.5) is 4.79 Å². The van der Waals surface area contributed by atoms with Crippen LogP contribution in [0.1, 0.15) is 36.3 Å². The zero-order valence-electron chi connectivity index (χ0n) is 18.7. The molecule has 2 amide bonds. The smallest absolute Gasteiger partial charge is 0.407 e. The van der Waals surface area contributed by atoms with Crippen LogP contribution in [0.5, 0.6) is 0 Å². The molecule has 1 aliphatic carbocycles. The van der Waals surface area contributed by atoms with Crippen LogP contribution in [-0.2, 0) is 14.3 Å². The molecule has 1 heterocycles. The lowest BCUT2D eigenvalue weighted by atomic mass is 9.88. The molecular formula is C25H28N2O6S. The molecule has 4 rings (SSSR count). The van der Waals surface area contributed by atoms with Gasteiger partial charge in [0.2, 0.25) is 5.91 Å². The third kappa shape index (κ3) is 5.20. The molecule has 1 atom stereocenters. The first kappa shape index (κ1) is 24.1. The Labute approximate surface area is 202 Å². The molecule has 34 heavy (non-hydrogen) atoms. The monoisotopic (exact) mass is 484 g/mol. The number of rotatable bonds is 8. The van der Waals surface area contributed by atoms with Gasteiger partial charge in [0.05, 0.1) is 12.1 Å². The summed E-state index contributed by atoms with van der Waals surface area (Å²) in [4.78, 5) is 36.5. The maximum atomic E-state index is 12.9. The molecule has 1 unspecified atom stereocenters. The Morgan fingerprint density at radius 3 is 2.18 bits per heavy atom. The number of aliphatic hydroxyl groups is 1. The van der Waals surface area contributed by atoms with Crippen molar-refractivity contribution in [3.8, 4) is 11.1 Å².